The van der Waals surface area contributed by atoms with Gasteiger partial charge in [0.1, 0.15) is 0 Å². The van der Waals surface area contributed by atoms with Crippen LogP contribution in [0.4, 0.5) is 0 Å². The summed E-state index contributed by atoms with van der Waals surface area (Å²) in [6.45, 7) is 13.6. The van der Waals surface area contributed by atoms with E-state index in [0.29, 0.717) is 0 Å². The van der Waals surface area contributed by atoms with E-state index in [-0.39, 0.29) is 0 Å². The summed E-state index contributed by atoms with van der Waals surface area (Å²) in [6, 6.07) is 0. The highest BCUT2D eigenvalue weighted by Crippen LogP contribution is 2.11. The molecule has 0 aromatic carbocycles. The number of aromatic nitrogens is 1. The maximum Gasteiger partial charge on any atom is 0.0892 e. The molecule has 0 amide bonds. The molecule has 1 aromatic rings. The third-order valence-electron chi connectivity index (χ3n) is 2.41. The van der Waals surface area contributed by atoms with Crippen LogP contribution < -0.4 is 10.6 Å². The van der Waals surface area contributed by atoms with E-state index in [4.69, 9.17) is 0 Å². The third kappa shape index (κ3) is 3.37. The van der Waals surface area contributed by atoms with Crippen molar-refractivity contribution in [2.75, 3.05) is 6.26 Å². The molecule has 18 heavy (non-hydrogen) atoms. The number of hydrogen-bond donors (Lipinski definition) is 1. The van der Waals surface area contributed by atoms with E-state index < -0.39 is 0 Å². The van der Waals surface area contributed by atoms with Gasteiger partial charge in [0, 0.05) is 22.3 Å². The van der Waals surface area contributed by atoms with Gasteiger partial charge in [-0.05, 0) is 19.3 Å². The summed E-state index contributed by atoms with van der Waals surface area (Å²) in [5.74, 6) is 0. The fraction of sp³-hybridized carbons (Fsp3) is 0.133. The summed E-state index contributed by atoms with van der Waals surface area (Å²) in [4.78, 5) is 7.55. The zero-order chi connectivity index (χ0) is 13.5. The van der Waals surface area contributed by atoms with Crippen LogP contribution in [0, 0.1) is 0 Å². The molecule has 0 atom stereocenters. The number of nitrogens with zero attached hydrogens (tertiary/aromatic N) is 1. The van der Waals surface area contributed by atoms with Crippen LogP contribution in [0.2, 0.25) is 0 Å². The van der Waals surface area contributed by atoms with Gasteiger partial charge in [-0.15, -0.1) is 11.8 Å². The maximum atomic E-state index is 4.44. The standard InChI is InChI=1S/C15H18N2S/c1-6-8-9-13-11(3)16-10-14(13)15(7-2)17-12(4)18-5/h6-10,16H,2-4H2,1,5H3/b8-6-,13-9+,17-15+. The number of nitrogens with one attached hydrogen (secondary N) is 1. The molecule has 0 spiro atoms. The van der Waals surface area contributed by atoms with Gasteiger partial charge in [-0.2, -0.15) is 0 Å². The summed E-state index contributed by atoms with van der Waals surface area (Å²) >= 11 is 1.51. The minimum Gasteiger partial charge on any atom is -0.361 e. The fourth-order valence-electron chi connectivity index (χ4n) is 1.47. The summed E-state index contributed by atoms with van der Waals surface area (Å²) in [7, 11) is 0. The Morgan fingerprint density at radius 3 is 2.78 bits per heavy atom. The molecular weight excluding hydrogens is 240 g/mol. The fourth-order valence-corrected chi connectivity index (χ4v) is 1.66. The van der Waals surface area contributed by atoms with Crippen LogP contribution in [0.3, 0.4) is 0 Å². The van der Waals surface area contributed by atoms with Crippen molar-refractivity contribution < 1.29 is 0 Å². The van der Waals surface area contributed by atoms with Gasteiger partial charge >= 0.3 is 0 Å². The molecule has 0 bridgehead atoms. The van der Waals surface area contributed by atoms with Crippen LogP contribution in [-0.2, 0) is 0 Å². The predicted molar refractivity (Wildman–Crippen MR) is 84.2 cm³/mol. The number of aliphatic imine (C=N–C) groups is 1. The summed E-state index contributed by atoms with van der Waals surface area (Å²) in [5.41, 5.74) is 1.79. The SMILES string of the molecule is C=C/C(=N\C(=C)SC)c1c[nH]c(=C)/c1=C\C=C/C. The Bertz CT molecular complexity index is 603. The average molecular weight is 258 g/mol. The molecule has 1 heterocycles. The molecule has 0 unspecified atom stereocenters. The summed E-state index contributed by atoms with van der Waals surface area (Å²) < 4.78 is 0. The zero-order valence-electron chi connectivity index (χ0n) is 10.9. The number of thioether (sulfide) groups is 1. The van der Waals surface area contributed by atoms with E-state index >= 15 is 0 Å². The monoisotopic (exact) mass is 258 g/mol. The third-order valence-corrected chi connectivity index (χ3v) is 2.97. The average Bonchev–Trinajstić information content (AvgIpc) is 2.74. The second kappa shape index (κ2) is 6.87. The number of hydrogen-bond acceptors (Lipinski definition) is 2. The Kier molecular flexibility index (Phi) is 5.46. The van der Waals surface area contributed by atoms with Crippen molar-refractivity contribution in [2.45, 2.75) is 6.92 Å². The molecule has 0 aliphatic heterocycles. The van der Waals surface area contributed by atoms with Crippen molar-refractivity contribution in [2.24, 2.45) is 4.99 Å². The second-order valence-electron chi connectivity index (χ2n) is 3.59. The van der Waals surface area contributed by atoms with Crippen LogP contribution in [0.5, 0.6) is 0 Å². The molecule has 0 radical (unpaired) electrons. The van der Waals surface area contributed by atoms with Crippen LogP contribution in [0.25, 0.3) is 12.7 Å². The highest BCUT2D eigenvalue weighted by Gasteiger charge is 2.04. The Labute approximate surface area is 112 Å². The summed E-state index contributed by atoms with van der Waals surface area (Å²) in [5, 5.41) is 2.65. The molecule has 3 heteroatoms. The Morgan fingerprint density at radius 2 is 2.22 bits per heavy atom. The second-order valence-corrected chi connectivity index (χ2v) is 4.47. The van der Waals surface area contributed by atoms with Crippen molar-refractivity contribution in [3.8, 4) is 0 Å². The first-order valence-electron chi connectivity index (χ1n) is 5.57. The van der Waals surface area contributed by atoms with Gasteiger partial charge in [0.05, 0.1) is 10.7 Å². The largest absolute Gasteiger partial charge is 0.361 e. The van der Waals surface area contributed by atoms with Crippen molar-refractivity contribution in [1.29, 1.82) is 0 Å². The molecule has 0 aliphatic carbocycles. The van der Waals surface area contributed by atoms with Gasteiger partial charge < -0.3 is 4.98 Å². The van der Waals surface area contributed by atoms with Crippen LogP contribution in [0.15, 0.2) is 47.6 Å². The van der Waals surface area contributed by atoms with E-state index in [1.165, 1.54) is 11.8 Å². The van der Waals surface area contributed by atoms with Gasteiger partial charge in [-0.1, -0.05) is 38.0 Å². The topological polar surface area (TPSA) is 28.1 Å². The lowest BCUT2D eigenvalue weighted by molar-refractivity contribution is 1.33. The minimum absolute atomic E-state index is 0.758. The Balaban J connectivity index is 3.41. The van der Waals surface area contributed by atoms with E-state index in [1.54, 1.807) is 6.08 Å². The molecular formula is C15H18N2S. The van der Waals surface area contributed by atoms with E-state index in [0.717, 1.165) is 26.9 Å². The predicted octanol–water partition coefficient (Wildman–Crippen LogP) is 2.59. The maximum absolute atomic E-state index is 4.44. The zero-order valence-corrected chi connectivity index (χ0v) is 11.7. The quantitative estimate of drug-likeness (QED) is 0.808. The van der Waals surface area contributed by atoms with Crippen LogP contribution >= 0.6 is 11.8 Å². The molecule has 1 N–H and O–H groups in total. The summed E-state index contributed by atoms with van der Waals surface area (Å²) in [6.07, 6.45) is 11.5. The number of allylic oxidation sites excluding steroid dienone is 3. The lowest BCUT2D eigenvalue weighted by atomic mass is 10.1. The lowest BCUT2D eigenvalue weighted by Gasteiger charge is -1.99. The lowest BCUT2D eigenvalue weighted by Crippen LogP contribution is -2.25. The molecule has 1 rings (SSSR count). The van der Waals surface area contributed by atoms with Gasteiger partial charge in [-0.3, -0.25) is 0 Å². The van der Waals surface area contributed by atoms with Crippen LogP contribution in [0.1, 0.15) is 12.5 Å². The normalized spacial score (nSPS) is 13.2. The number of aromatic amines is 1. The van der Waals surface area contributed by atoms with Gasteiger partial charge in [-0.25, -0.2) is 4.99 Å². The smallest absolute Gasteiger partial charge is 0.0892 e. The van der Waals surface area contributed by atoms with Crippen molar-refractivity contribution in [1.82, 2.24) is 4.98 Å². The Hall–Kier alpha value is -1.74. The number of rotatable bonds is 5. The first kappa shape index (κ1) is 14.3. The van der Waals surface area contributed by atoms with Gasteiger partial charge in [0.25, 0.3) is 0 Å². The van der Waals surface area contributed by atoms with Crippen molar-refractivity contribution >= 4 is 30.1 Å². The van der Waals surface area contributed by atoms with E-state index in [2.05, 4.69) is 29.7 Å². The first-order chi connectivity index (χ1) is 8.63. The highest BCUT2D eigenvalue weighted by atomic mass is 32.2. The molecule has 0 fully saturated rings. The molecule has 0 saturated heterocycles. The van der Waals surface area contributed by atoms with E-state index in [1.807, 2.05) is 37.6 Å². The van der Waals surface area contributed by atoms with Crippen molar-refractivity contribution in [3.63, 3.8) is 0 Å². The molecule has 2 nitrogen and oxygen atoms in total. The van der Waals surface area contributed by atoms with E-state index in [9.17, 15) is 0 Å². The van der Waals surface area contributed by atoms with Crippen LogP contribution in [-0.4, -0.2) is 17.0 Å². The minimum atomic E-state index is 0.758. The molecule has 94 valence electrons. The van der Waals surface area contributed by atoms with Crippen molar-refractivity contribution in [3.05, 3.63) is 58.7 Å². The van der Waals surface area contributed by atoms with Gasteiger partial charge in [0.2, 0.25) is 0 Å². The molecule has 0 saturated carbocycles. The molecule has 1 aromatic heterocycles. The molecule has 0 aliphatic rings. The highest BCUT2D eigenvalue weighted by molar-refractivity contribution is 8.02. The van der Waals surface area contributed by atoms with Gasteiger partial charge in [0.15, 0.2) is 0 Å². The number of H-pyrrole nitrogens is 1. The Morgan fingerprint density at radius 1 is 1.50 bits per heavy atom. The first-order valence-corrected chi connectivity index (χ1v) is 6.80.